The molecular formula is C21H28OS2. The molecule has 4 atom stereocenters. The van der Waals surface area contributed by atoms with Gasteiger partial charge in [0.25, 0.3) is 0 Å². The number of benzene rings is 1. The van der Waals surface area contributed by atoms with Crippen molar-refractivity contribution in [1.29, 1.82) is 0 Å². The first-order chi connectivity index (χ1) is 11.1. The summed E-state index contributed by atoms with van der Waals surface area (Å²) in [7, 11) is 0.565. The summed E-state index contributed by atoms with van der Waals surface area (Å²) in [5.74, 6) is 2.21. The highest BCUT2D eigenvalue weighted by molar-refractivity contribution is 8.70. The van der Waals surface area contributed by atoms with Crippen LogP contribution >= 0.6 is 10.8 Å². The fourth-order valence-corrected chi connectivity index (χ4v) is 6.85. The Morgan fingerprint density at radius 1 is 1.04 bits per heavy atom. The Bertz CT molecular complexity index is 710. The Hall–Kier alpha value is -0.800. The van der Waals surface area contributed by atoms with Crippen LogP contribution in [0.5, 0.6) is 0 Å². The van der Waals surface area contributed by atoms with E-state index < -0.39 is 9.83 Å². The van der Waals surface area contributed by atoms with E-state index in [1.54, 1.807) is 10.8 Å². The zero-order valence-electron chi connectivity index (χ0n) is 15.5. The van der Waals surface area contributed by atoms with Gasteiger partial charge in [-0.15, -0.1) is 0 Å². The molecule has 2 aliphatic carbocycles. The lowest BCUT2D eigenvalue weighted by Gasteiger charge is -2.31. The fraction of sp³-hybridized carbons (Fsp3) is 0.524. The standard InChI is InChI=1S/C21H28OS2/c1-14-7-9-16(10-8-14)21(5,6)24(22)23-20(3,4)17-11-12-18-15(2)19(18)13-17/h7-13,15,18-19H,1-6H3/t15?,18?,19?,24-/m1/s1. The Morgan fingerprint density at radius 2 is 1.67 bits per heavy atom. The highest BCUT2D eigenvalue weighted by Gasteiger charge is 2.46. The van der Waals surface area contributed by atoms with Crippen molar-refractivity contribution in [2.24, 2.45) is 17.8 Å². The lowest BCUT2D eigenvalue weighted by molar-refractivity contribution is 0.654. The summed E-state index contributed by atoms with van der Waals surface area (Å²) >= 11 is 0. The van der Waals surface area contributed by atoms with Gasteiger partial charge in [0.1, 0.15) is 0 Å². The normalized spacial score (nSPS) is 27.4. The van der Waals surface area contributed by atoms with Crippen molar-refractivity contribution in [3.8, 4) is 0 Å². The van der Waals surface area contributed by atoms with Crippen LogP contribution in [0.25, 0.3) is 0 Å². The second-order valence-electron chi connectivity index (χ2n) is 8.20. The quantitative estimate of drug-likeness (QED) is 0.619. The van der Waals surface area contributed by atoms with E-state index >= 15 is 0 Å². The van der Waals surface area contributed by atoms with E-state index in [9.17, 15) is 4.21 Å². The van der Waals surface area contributed by atoms with Gasteiger partial charge in [0, 0.05) is 4.75 Å². The van der Waals surface area contributed by atoms with Gasteiger partial charge in [-0.2, -0.15) is 0 Å². The number of allylic oxidation sites excluding steroid dienone is 3. The third kappa shape index (κ3) is 3.30. The van der Waals surface area contributed by atoms with Crippen LogP contribution in [0, 0.1) is 24.7 Å². The van der Waals surface area contributed by atoms with E-state index in [1.807, 2.05) is 0 Å². The lowest BCUT2D eigenvalue weighted by atomic mass is 9.96. The van der Waals surface area contributed by atoms with Gasteiger partial charge in [0.2, 0.25) is 0 Å². The molecule has 1 aromatic carbocycles. The van der Waals surface area contributed by atoms with Crippen LogP contribution in [-0.2, 0) is 14.6 Å². The van der Waals surface area contributed by atoms with Crippen molar-refractivity contribution in [2.45, 2.75) is 51.0 Å². The Morgan fingerprint density at radius 3 is 2.25 bits per heavy atom. The molecule has 0 bridgehead atoms. The molecule has 3 unspecified atom stereocenters. The molecule has 1 fully saturated rings. The summed E-state index contributed by atoms with van der Waals surface area (Å²) in [4.78, 5) is 0. The van der Waals surface area contributed by atoms with E-state index in [2.05, 4.69) is 84.0 Å². The molecule has 0 saturated heterocycles. The molecule has 130 valence electrons. The van der Waals surface area contributed by atoms with E-state index in [0.717, 1.165) is 17.4 Å². The molecule has 0 aliphatic heterocycles. The minimum Gasteiger partial charge on any atom is -0.247 e. The van der Waals surface area contributed by atoms with E-state index in [-0.39, 0.29) is 9.49 Å². The van der Waals surface area contributed by atoms with Gasteiger partial charge in [-0.1, -0.05) is 55.0 Å². The van der Waals surface area contributed by atoms with Crippen LogP contribution in [-0.4, -0.2) is 8.96 Å². The molecule has 2 aliphatic rings. The molecule has 1 saturated carbocycles. The lowest BCUT2D eigenvalue weighted by Crippen LogP contribution is -2.27. The van der Waals surface area contributed by atoms with E-state index in [1.165, 1.54) is 11.1 Å². The first-order valence-electron chi connectivity index (χ1n) is 8.72. The third-order valence-electron chi connectivity index (χ3n) is 5.53. The number of aryl methyl sites for hydroxylation is 1. The number of rotatable bonds is 5. The molecule has 0 N–H and O–H groups in total. The van der Waals surface area contributed by atoms with Crippen LogP contribution in [0.2, 0.25) is 0 Å². The van der Waals surface area contributed by atoms with Crippen LogP contribution < -0.4 is 0 Å². The summed E-state index contributed by atoms with van der Waals surface area (Å²) in [6.45, 7) is 13.0. The average Bonchev–Trinajstić information content (AvgIpc) is 3.17. The predicted octanol–water partition coefficient (Wildman–Crippen LogP) is 5.78. The van der Waals surface area contributed by atoms with Crippen molar-refractivity contribution in [3.05, 3.63) is 59.2 Å². The smallest absolute Gasteiger partial charge is 0.0914 e. The number of hydrogen-bond acceptors (Lipinski definition) is 2. The highest BCUT2D eigenvalue weighted by atomic mass is 33.1. The highest BCUT2D eigenvalue weighted by Crippen LogP contribution is 2.53. The number of fused-ring (bicyclic) bond motifs is 1. The SMILES string of the molecule is Cc1ccc(C(C)(C)[S@](=O)SC(C)(C)C2=CC3C(C)C3C=C2)cc1. The zero-order valence-corrected chi connectivity index (χ0v) is 17.1. The van der Waals surface area contributed by atoms with Gasteiger partial charge in [0.05, 0.1) is 14.6 Å². The van der Waals surface area contributed by atoms with Gasteiger partial charge >= 0.3 is 0 Å². The van der Waals surface area contributed by atoms with Gasteiger partial charge < -0.3 is 0 Å². The van der Waals surface area contributed by atoms with Crippen molar-refractivity contribution in [1.82, 2.24) is 0 Å². The number of hydrogen-bond donors (Lipinski definition) is 0. The van der Waals surface area contributed by atoms with Gasteiger partial charge in [-0.05, 0) is 74.3 Å². The van der Waals surface area contributed by atoms with Gasteiger partial charge in [-0.3, -0.25) is 0 Å². The molecule has 0 radical (unpaired) electrons. The van der Waals surface area contributed by atoms with Crippen LogP contribution in [0.1, 0.15) is 45.7 Å². The summed E-state index contributed by atoms with van der Waals surface area (Å²) in [5.41, 5.74) is 3.70. The topological polar surface area (TPSA) is 17.1 Å². The largest absolute Gasteiger partial charge is 0.247 e. The molecule has 3 heteroatoms. The van der Waals surface area contributed by atoms with Gasteiger partial charge in [0.15, 0.2) is 0 Å². The predicted molar refractivity (Wildman–Crippen MR) is 107 cm³/mol. The Kier molecular flexibility index (Phi) is 4.63. The third-order valence-corrected chi connectivity index (χ3v) is 10.4. The van der Waals surface area contributed by atoms with E-state index in [4.69, 9.17) is 0 Å². The van der Waals surface area contributed by atoms with Gasteiger partial charge in [-0.25, -0.2) is 4.21 Å². The fourth-order valence-electron chi connectivity index (χ4n) is 3.36. The molecular weight excluding hydrogens is 332 g/mol. The van der Waals surface area contributed by atoms with Crippen LogP contribution in [0.3, 0.4) is 0 Å². The molecule has 1 nitrogen and oxygen atoms in total. The maximum atomic E-state index is 13.2. The maximum absolute atomic E-state index is 13.2. The van der Waals surface area contributed by atoms with Crippen molar-refractivity contribution < 1.29 is 4.21 Å². The molecule has 0 spiro atoms. The molecule has 0 amide bonds. The summed E-state index contributed by atoms with van der Waals surface area (Å²) < 4.78 is 12.7. The van der Waals surface area contributed by atoms with Crippen molar-refractivity contribution >= 4 is 20.6 Å². The molecule has 24 heavy (non-hydrogen) atoms. The minimum absolute atomic E-state index is 0.142. The first-order valence-corrected chi connectivity index (χ1v) is 11.2. The minimum atomic E-state index is -1.02. The summed E-state index contributed by atoms with van der Waals surface area (Å²) in [6, 6.07) is 8.42. The zero-order chi connectivity index (χ0) is 17.7. The second kappa shape index (κ2) is 6.17. The molecule has 0 heterocycles. The monoisotopic (exact) mass is 360 g/mol. The molecule has 1 aromatic rings. The molecule has 0 aromatic heterocycles. The van der Waals surface area contributed by atoms with E-state index in [0.29, 0.717) is 5.92 Å². The Labute approximate surface area is 152 Å². The van der Waals surface area contributed by atoms with Crippen LogP contribution in [0.4, 0.5) is 0 Å². The Balaban J connectivity index is 1.77. The summed E-state index contributed by atoms with van der Waals surface area (Å²) in [5, 5.41) is 0. The first kappa shape index (κ1) is 18.0. The maximum Gasteiger partial charge on any atom is 0.0914 e. The van der Waals surface area contributed by atoms with Crippen molar-refractivity contribution in [2.75, 3.05) is 0 Å². The molecule has 3 rings (SSSR count). The van der Waals surface area contributed by atoms with Crippen LogP contribution in [0.15, 0.2) is 48.1 Å². The second-order valence-corrected chi connectivity index (χ2v) is 12.3. The van der Waals surface area contributed by atoms with Crippen molar-refractivity contribution in [3.63, 3.8) is 0 Å². The summed E-state index contributed by atoms with van der Waals surface area (Å²) in [6.07, 6.45) is 7.02. The average molecular weight is 361 g/mol.